The van der Waals surface area contributed by atoms with Crippen molar-refractivity contribution in [2.75, 3.05) is 36.1 Å². The van der Waals surface area contributed by atoms with E-state index in [2.05, 4.69) is 17.0 Å². The van der Waals surface area contributed by atoms with Gasteiger partial charge in [-0.1, -0.05) is 59.3 Å². The van der Waals surface area contributed by atoms with Gasteiger partial charge in [0.2, 0.25) is 0 Å². The van der Waals surface area contributed by atoms with Crippen molar-refractivity contribution in [3.63, 3.8) is 0 Å². The second-order valence-electron chi connectivity index (χ2n) is 6.30. The maximum absolute atomic E-state index is 12.9. The zero-order valence-corrected chi connectivity index (χ0v) is 17.9. The fourth-order valence-corrected chi connectivity index (χ4v) is 4.87. The number of morpholine rings is 1. The number of carbonyl (C=O) groups is 1. The van der Waals surface area contributed by atoms with Crippen LogP contribution in [0, 0.1) is 0 Å². The smallest absolute Gasteiger partial charge is 0.270 e. The molecular formula is C20H16Cl2N2O2S2. The van der Waals surface area contributed by atoms with Crippen LogP contribution in [0.3, 0.4) is 0 Å². The second kappa shape index (κ2) is 8.43. The Hall–Kier alpha value is -1.57. The summed E-state index contributed by atoms with van der Waals surface area (Å²) < 4.78 is 5.84. The molecule has 0 N–H and O–H groups in total. The molecule has 0 aromatic heterocycles. The summed E-state index contributed by atoms with van der Waals surface area (Å²) in [6.45, 7) is 3.27. The standard InChI is InChI=1S/C20H16Cl2N2O2S2/c21-14-3-6-17(16(22)12-14)24-19(25)18(28-20(24)27)11-13-1-4-15(5-2-13)23-7-9-26-10-8-23/h1-6,11-12H,7-10H2/b18-11-. The number of ether oxygens (including phenoxy) is 1. The minimum absolute atomic E-state index is 0.184. The summed E-state index contributed by atoms with van der Waals surface area (Å²) in [6.07, 6.45) is 1.85. The van der Waals surface area contributed by atoms with Gasteiger partial charge in [0.05, 0.1) is 28.8 Å². The highest BCUT2D eigenvalue weighted by Gasteiger charge is 2.34. The van der Waals surface area contributed by atoms with E-state index in [9.17, 15) is 4.79 Å². The summed E-state index contributed by atoms with van der Waals surface area (Å²) in [5, 5.41) is 0.898. The number of rotatable bonds is 3. The molecule has 0 spiro atoms. The van der Waals surface area contributed by atoms with Crippen LogP contribution in [0.1, 0.15) is 5.56 Å². The second-order valence-corrected chi connectivity index (χ2v) is 8.82. The molecule has 0 atom stereocenters. The number of thioether (sulfide) groups is 1. The molecule has 8 heteroatoms. The molecule has 2 saturated heterocycles. The van der Waals surface area contributed by atoms with E-state index < -0.39 is 0 Å². The van der Waals surface area contributed by atoms with Crippen molar-refractivity contribution in [1.82, 2.24) is 0 Å². The van der Waals surface area contributed by atoms with E-state index in [1.807, 2.05) is 18.2 Å². The SMILES string of the molecule is O=C1/C(=C/c2ccc(N3CCOCC3)cc2)SC(=S)N1c1ccc(Cl)cc1Cl. The molecule has 4 rings (SSSR count). The third-order valence-electron chi connectivity index (χ3n) is 4.51. The van der Waals surface area contributed by atoms with E-state index in [0.29, 0.717) is 25.0 Å². The Labute approximate surface area is 183 Å². The first-order valence-corrected chi connectivity index (χ1v) is 10.7. The summed E-state index contributed by atoms with van der Waals surface area (Å²) in [4.78, 5) is 17.2. The Morgan fingerprint density at radius 1 is 1.07 bits per heavy atom. The Morgan fingerprint density at radius 3 is 2.46 bits per heavy atom. The van der Waals surface area contributed by atoms with Gasteiger partial charge in [-0.05, 0) is 42.0 Å². The first-order valence-electron chi connectivity index (χ1n) is 8.69. The first kappa shape index (κ1) is 19.7. The van der Waals surface area contributed by atoms with Crippen molar-refractivity contribution >= 4 is 74.9 Å². The highest BCUT2D eigenvalue weighted by molar-refractivity contribution is 8.27. The van der Waals surface area contributed by atoms with Crippen LogP contribution in [0.2, 0.25) is 10.0 Å². The Kier molecular flexibility index (Phi) is 5.94. The van der Waals surface area contributed by atoms with E-state index in [4.69, 9.17) is 40.2 Å². The van der Waals surface area contributed by atoms with Crippen molar-refractivity contribution in [2.45, 2.75) is 0 Å². The largest absolute Gasteiger partial charge is 0.378 e. The molecule has 0 radical (unpaired) electrons. The summed E-state index contributed by atoms with van der Waals surface area (Å²) in [5.41, 5.74) is 2.64. The molecule has 1 amide bonds. The van der Waals surface area contributed by atoms with E-state index in [1.54, 1.807) is 18.2 Å². The fraction of sp³-hybridized carbons (Fsp3) is 0.200. The van der Waals surface area contributed by atoms with Crippen LogP contribution in [0.25, 0.3) is 6.08 Å². The molecule has 2 aliphatic rings. The van der Waals surface area contributed by atoms with Crippen molar-refractivity contribution in [3.8, 4) is 0 Å². The number of nitrogens with zero attached hydrogens (tertiary/aromatic N) is 2. The molecular weight excluding hydrogens is 435 g/mol. The van der Waals surface area contributed by atoms with Crippen molar-refractivity contribution in [1.29, 1.82) is 0 Å². The van der Waals surface area contributed by atoms with Crippen LogP contribution in [-0.4, -0.2) is 36.5 Å². The summed E-state index contributed by atoms with van der Waals surface area (Å²) in [5.74, 6) is -0.184. The van der Waals surface area contributed by atoms with E-state index in [0.717, 1.165) is 37.6 Å². The number of amides is 1. The third-order valence-corrected chi connectivity index (χ3v) is 6.35. The summed E-state index contributed by atoms with van der Waals surface area (Å²) in [6, 6.07) is 13.1. The number of halogens is 2. The quantitative estimate of drug-likeness (QED) is 0.471. The predicted molar refractivity (Wildman–Crippen MR) is 122 cm³/mol. The van der Waals surface area contributed by atoms with Crippen LogP contribution in [-0.2, 0) is 9.53 Å². The van der Waals surface area contributed by atoms with Gasteiger partial charge >= 0.3 is 0 Å². The van der Waals surface area contributed by atoms with E-state index in [-0.39, 0.29) is 5.91 Å². The average molecular weight is 451 g/mol. The van der Waals surface area contributed by atoms with Crippen molar-refractivity contribution in [2.24, 2.45) is 0 Å². The average Bonchev–Trinajstić information content (AvgIpc) is 2.97. The molecule has 0 saturated carbocycles. The molecule has 2 fully saturated rings. The van der Waals surface area contributed by atoms with Crippen LogP contribution in [0.15, 0.2) is 47.4 Å². The molecule has 0 bridgehead atoms. The lowest BCUT2D eigenvalue weighted by molar-refractivity contribution is -0.113. The first-order chi connectivity index (χ1) is 13.5. The van der Waals surface area contributed by atoms with Crippen LogP contribution < -0.4 is 9.80 Å². The number of thiocarbonyl (C=S) groups is 1. The van der Waals surface area contributed by atoms with Gasteiger partial charge in [-0.25, -0.2) is 0 Å². The molecule has 2 aromatic rings. The lowest BCUT2D eigenvalue weighted by atomic mass is 10.1. The molecule has 0 unspecified atom stereocenters. The van der Waals surface area contributed by atoms with Crippen LogP contribution in [0.5, 0.6) is 0 Å². The van der Waals surface area contributed by atoms with Gasteiger partial charge in [0.25, 0.3) is 5.91 Å². The van der Waals surface area contributed by atoms with Crippen molar-refractivity contribution in [3.05, 3.63) is 63.0 Å². The van der Waals surface area contributed by atoms with Gasteiger partial charge in [0, 0.05) is 23.8 Å². The van der Waals surface area contributed by atoms with Crippen molar-refractivity contribution < 1.29 is 9.53 Å². The topological polar surface area (TPSA) is 32.8 Å². The van der Waals surface area contributed by atoms with E-state index >= 15 is 0 Å². The minimum Gasteiger partial charge on any atom is -0.378 e. The zero-order chi connectivity index (χ0) is 19.7. The fourth-order valence-electron chi connectivity index (χ4n) is 3.09. The summed E-state index contributed by atoms with van der Waals surface area (Å²) >= 11 is 18.9. The van der Waals surface area contributed by atoms with Gasteiger partial charge in [-0.15, -0.1) is 0 Å². The number of benzene rings is 2. The van der Waals surface area contributed by atoms with Gasteiger partial charge in [0.1, 0.15) is 0 Å². The Morgan fingerprint density at radius 2 is 1.79 bits per heavy atom. The molecule has 2 aromatic carbocycles. The molecule has 4 nitrogen and oxygen atoms in total. The lowest BCUT2D eigenvalue weighted by Gasteiger charge is -2.28. The maximum atomic E-state index is 12.9. The number of hydrogen-bond acceptors (Lipinski definition) is 5. The van der Waals surface area contributed by atoms with Crippen LogP contribution in [0.4, 0.5) is 11.4 Å². The van der Waals surface area contributed by atoms with E-state index in [1.165, 1.54) is 16.7 Å². The van der Waals surface area contributed by atoms with Crippen LogP contribution >= 0.6 is 47.2 Å². The third kappa shape index (κ3) is 4.07. The number of hydrogen-bond donors (Lipinski definition) is 0. The van der Waals surface area contributed by atoms with Gasteiger partial charge in [0.15, 0.2) is 4.32 Å². The maximum Gasteiger partial charge on any atom is 0.270 e. The Balaban J connectivity index is 1.55. The molecule has 144 valence electrons. The number of anilines is 2. The van der Waals surface area contributed by atoms with Gasteiger partial charge in [-0.2, -0.15) is 0 Å². The molecule has 2 aliphatic heterocycles. The highest BCUT2D eigenvalue weighted by atomic mass is 35.5. The normalized spacial score (nSPS) is 19.0. The highest BCUT2D eigenvalue weighted by Crippen LogP contribution is 2.39. The van der Waals surface area contributed by atoms with Gasteiger partial charge < -0.3 is 9.64 Å². The lowest BCUT2D eigenvalue weighted by Crippen LogP contribution is -2.36. The molecule has 0 aliphatic carbocycles. The monoisotopic (exact) mass is 450 g/mol. The predicted octanol–water partition coefficient (Wildman–Crippen LogP) is 5.24. The molecule has 2 heterocycles. The number of carbonyl (C=O) groups excluding carboxylic acids is 1. The van der Waals surface area contributed by atoms with Gasteiger partial charge in [-0.3, -0.25) is 9.69 Å². The summed E-state index contributed by atoms with van der Waals surface area (Å²) in [7, 11) is 0. The zero-order valence-electron chi connectivity index (χ0n) is 14.7. The Bertz CT molecular complexity index is 957. The minimum atomic E-state index is -0.184. The molecule has 28 heavy (non-hydrogen) atoms.